The monoisotopic (exact) mass is 222 g/mol. The smallest absolute Gasteiger partial charge is 0.156 e. The highest BCUT2D eigenvalue weighted by atomic mass is 16.5. The highest BCUT2D eigenvalue weighted by molar-refractivity contribution is 5.11. The predicted molar refractivity (Wildman–Crippen MR) is 56.7 cm³/mol. The summed E-state index contributed by atoms with van der Waals surface area (Å²) in [6.45, 7) is 0. The summed E-state index contributed by atoms with van der Waals surface area (Å²) in [5, 5.41) is 6.59. The van der Waals surface area contributed by atoms with Crippen molar-refractivity contribution in [3.8, 4) is 0 Å². The minimum Gasteiger partial charge on any atom is -0.372 e. The molecular formula is C10H14N4O2. The van der Waals surface area contributed by atoms with Gasteiger partial charge >= 0.3 is 0 Å². The SMILES string of the molecule is COC(c1ccc[nH]1)C(OC)c1ncn[nH]1. The molecule has 0 saturated carbocycles. The number of aromatic amines is 2. The summed E-state index contributed by atoms with van der Waals surface area (Å²) in [7, 11) is 3.25. The summed E-state index contributed by atoms with van der Waals surface area (Å²) in [6, 6.07) is 3.85. The highest BCUT2D eigenvalue weighted by Gasteiger charge is 2.27. The van der Waals surface area contributed by atoms with E-state index in [-0.39, 0.29) is 12.2 Å². The van der Waals surface area contributed by atoms with E-state index in [0.29, 0.717) is 5.82 Å². The molecule has 0 spiro atoms. The Balaban J connectivity index is 2.25. The number of H-pyrrole nitrogens is 2. The maximum Gasteiger partial charge on any atom is 0.156 e. The van der Waals surface area contributed by atoms with Crippen molar-refractivity contribution < 1.29 is 9.47 Å². The van der Waals surface area contributed by atoms with Crippen molar-refractivity contribution in [1.82, 2.24) is 20.2 Å². The first kappa shape index (κ1) is 10.8. The number of hydrogen-bond acceptors (Lipinski definition) is 4. The molecule has 0 saturated heterocycles. The van der Waals surface area contributed by atoms with Crippen molar-refractivity contribution in [1.29, 1.82) is 0 Å². The third-order valence-electron chi connectivity index (χ3n) is 2.41. The zero-order valence-corrected chi connectivity index (χ0v) is 9.18. The van der Waals surface area contributed by atoms with E-state index in [1.165, 1.54) is 6.33 Å². The van der Waals surface area contributed by atoms with Crippen LogP contribution in [0.25, 0.3) is 0 Å². The van der Waals surface area contributed by atoms with Gasteiger partial charge in [-0.25, -0.2) is 4.98 Å². The summed E-state index contributed by atoms with van der Waals surface area (Å²) < 4.78 is 10.8. The molecule has 2 rings (SSSR count). The van der Waals surface area contributed by atoms with E-state index in [4.69, 9.17) is 9.47 Å². The van der Waals surface area contributed by atoms with Gasteiger partial charge in [-0.05, 0) is 12.1 Å². The second-order valence-electron chi connectivity index (χ2n) is 3.31. The predicted octanol–water partition coefficient (Wildman–Crippen LogP) is 1.21. The highest BCUT2D eigenvalue weighted by Crippen LogP contribution is 2.30. The summed E-state index contributed by atoms with van der Waals surface area (Å²) in [5.41, 5.74) is 0.936. The molecule has 0 radical (unpaired) electrons. The van der Waals surface area contributed by atoms with Gasteiger partial charge in [-0.2, -0.15) is 5.10 Å². The molecule has 2 N–H and O–H groups in total. The molecule has 2 heterocycles. The van der Waals surface area contributed by atoms with E-state index in [0.717, 1.165) is 5.69 Å². The molecule has 2 aromatic rings. The number of hydrogen-bond donors (Lipinski definition) is 2. The molecular weight excluding hydrogens is 208 g/mol. The fourth-order valence-electron chi connectivity index (χ4n) is 1.67. The fourth-order valence-corrected chi connectivity index (χ4v) is 1.67. The van der Waals surface area contributed by atoms with Gasteiger partial charge in [0.2, 0.25) is 0 Å². The molecule has 0 aromatic carbocycles. The van der Waals surface area contributed by atoms with E-state index in [9.17, 15) is 0 Å². The molecule has 0 amide bonds. The number of nitrogens with zero attached hydrogens (tertiary/aromatic N) is 2. The van der Waals surface area contributed by atoms with Crippen LogP contribution in [0.3, 0.4) is 0 Å². The summed E-state index contributed by atoms with van der Waals surface area (Å²) in [5.74, 6) is 0.643. The molecule has 2 atom stereocenters. The average Bonchev–Trinajstić information content (AvgIpc) is 2.97. The molecule has 86 valence electrons. The van der Waals surface area contributed by atoms with Crippen LogP contribution in [0, 0.1) is 0 Å². The molecule has 0 aliphatic heterocycles. The van der Waals surface area contributed by atoms with Gasteiger partial charge in [0.25, 0.3) is 0 Å². The van der Waals surface area contributed by atoms with Crippen molar-refractivity contribution in [2.45, 2.75) is 12.2 Å². The largest absolute Gasteiger partial charge is 0.372 e. The van der Waals surface area contributed by atoms with Crippen molar-refractivity contribution in [2.24, 2.45) is 0 Å². The van der Waals surface area contributed by atoms with Gasteiger partial charge in [0, 0.05) is 26.1 Å². The first-order valence-corrected chi connectivity index (χ1v) is 4.91. The Kier molecular flexibility index (Phi) is 3.33. The maximum absolute atomic E-state index is 5.43. The van der Waals surface area contributed by atoms with Crippen molar-refractivity contribution in [3.05, 3.63) is 36.2 Å². The van der Waals surface area contributed by atoms with Gasteiger partial charge < -0.3 is 14.5 Å². The topological polar surface area (TPSA) is 75.8 Å². The van der Waals surface area contributed by atoms with Crippen LogP contribution in [0.15, 0.2) is 24.7 Å². The maximum atomic E-state index is 5.43. The van der Waals surface area contributed by atoms with Crippen LogP contribution in [-0.2, 0) is 9.47 Å². The Morgan fingerprint density at radius 1 is 1.25 bits per heavy atom. The third-order valence-corrected chi connectivity index (χ3v) is 2.41. The molecule has 16 heavy (non-hydrogen) atoms. The Labute approximate surface area is 93.0 Å². The number of rotatable bonds is 5. The molecule has 6 heteroatoms. The van der Waals surface area contributed by atoms with Gasteiger partial charge in [-0.15, -0.1) is 0 Å². The number of methoxy groups -OCH3 is 2. The van der Waals surface area contributed by atoms with Crippen molar-refractivity contribution in [3.63, 3.8) is 0 Å². The van der Waals surface area contributed by atoms with Gasteiger partial charge in [0.1, 0.15) is 18.5 Å². The molecule has 2 unspecified atom stereocenters. The van der Waals surface area contributed by atoms with Crippen LogP contribution in [-0.4, -0.2) is 34.4 Å². The minimum atomic E-state index is -0.314. The van der Waals surface area contributed by atoms with Crippen LogP contribution < -0.4 is 0 Å². The molecule has 0 fully saturated rings. The number of nitrogens with one attached hydrogen (secondary N) is 2. The van der Waals surface area contributed by atoms with Crippen LogP contribution in [0.2, 0.25) is 0 Å². The molecule has 0 aliphatic carbocycles. The summed E-state index contributed by atoms with van der Waals surface area (Å²) in [4.78, 5) is 7.18. The van der Waals surface area contributed by atoms with E-state index in [2.05, 4.69) is 20.2 Å². The summed E-state index contributed by atoms with van der Waals surface area (Å²) >= 11 is 0. The lowest BCUT2D eigenvalue weighted by Gasteiger charge is -2.21. The Bertz CT molecular complexity index is 358. The first-order valence-electron chi connectivity index (χ1n) is 4.91. The van der Waals surface area contributed by atoms with Crippen LogP contribution in [0.1, 0.15) is 23.7 Å². The van der Waals surface area contributed by atoms with E-state index in [1.54, 1.807) is 14.2 Å². The summed E-state index contributed by atoms with van der Waals surface area (Å²) in [6.07, 6.45) is 2.73. The van der Waals surface area contributed by atoms with Gasteiger partial charge in [-0.1, -0.05) is 0 Å². The quantitative estimate of drug-likeness (QED) is 0.797. The zero-order valence-electron chi connectivity index (χ0n) is 9.18. The Morgan fingerprint density at radius 3 is 2.56 bits per heavy atom. The normalized spacial score (nSPS) is 14.9. The molecule has 2 aromatic heterocycles. The Morgan fingerprint density at radius 2 is 2.06 bits per heavy atom. The lowest BCUT2D eigenvalue weighted by Crippen LogP contribution is -2.17. The van der Waals surface area contributed by atoms with E-state index in [1.807, 2.05) is 18.3 Å². The van der Waals surface area contributed by atoms with Crippen LogP contribution >= 0.6 is 0 Å². The van der Waals surface area contributed by atoms with Crippen molar-refractivity contribution in [2.75, 3.05) is 14.2 Å². The van der Waals surface area contributed by atoms with Crippen LogP contribution in [0.4, 0.5) is 0 Å². The van der Waals surface area contributed by atoms with Gasteiger partial charge in [0.15, 0.2) is 5.82 Å². The lowest BCUT2D eigenvalue weighted by atomic mass is 10.1. The number of aromatic nitrogens is 4. The zero-order chi connectivity index (χ0) is 11.4. The molecule has 0 bridgehead atoms. The van der Waals surface area contributed by atoms with Crippen molar-refractivity contribution >= 4 is 0 Å². The second kappa shape index (κ2) is 4.91. The Hall–Kier alpha value is -1.66. The van der Waals surface area contributed by atoms with Crippen LogP contribution in [0.5, 0.6) is 0 Å². The first-order chi connectivity index (χ1) is 7.86. The standard InChI is InChI=1S/C10H14N4O2/c1-15-8(7-4-3-5-11-7)9(16-2)10-12-6-13-14-10/h3-6,8-9,11H,1-2H3,(H,12,13,14). The minimum absolute atomic E-state index is 0.243. The fraction of sp³-hybridized carbons (Fsp3) is 0.400. The van der Waals surface area contributed by atoms with E-state index < -0.39 is 0 Å². The van der Waals surface area contributed by atoms with E-state index >= 15 is 0 Å². The third kappa shape index (κ3) is 1.98. The van der Waals surface area contributed by atoms with Gasteiger partial charge in [0.05, 0.1) is 0 Å². The average molecular weight is 222 g/mol. The second-order valence-corrected chi connectivity index (χ2v) is 3.31. The molecule has 6 nitrogen and oxygen atoms in total. The molecule has 0 aliphatic rings. The number of ether oxygens (including phenoxy) is 2. The lowest BCUT2D eigenvalue weighted by molar-refractivity contribution is -0.0457. The van der Waals surface area contributed by atoms with Gasteiger partial charge in [-0.3, -0.25) is 5.10 Å².